The molecule has 2 unspecified atom stereocenters. The number of rotatable bonds is 0. The zero-order valence-corrected chi connectivity index (χ0v) is 8.61. The zero-order valence-electron chi connectivity index (χ0n) is 8.61. The van der Waals surface area contributed by atoms with Crippen LogP contribution < -0.4 is 11.1 Å². The van der Waals surface area contributed by atoms with Gasteiger partial charge < -0.3 is 5.73 Å². The first-order chi connectivity index (χ1) is 7.22. The smallest absolute Gasteiger partial charge is 0.241 e. The lowest BCUT2D eigenvalue weighted by molar-refractivity contribution is -0.147. The summed E-state index contributed by atoms with van der Waals surface area (Å²) in [5, 5.41) is 13.9. The third-order valence-corrected chi connectivity index (χ3v) is 3.88. The van der Waals surface area contributed by atoms with Crippen molar-refractivity contribution in [3.8, 4) is 0 Å². The molecule has 4 nitrogen and oxygen atoms in total. The highest BCUT2D eigenvalue weighted by molar-refractivity contribution is 6.40. The monoisotopic (exact) mass is 204 g/mol. The van der Waals surface area contributed by atoms with Crippen molar-refractivity contribution >= 4 is 7.41 Å². The Labute approximate surface area is 90.0 Å². The zero-order chi connectivity index (χ0) is 10.5. The van der Waals surface area contributed by atoms with Crippen molar-refractivity contribution < 1.29 is 5.21 Å². The maximum Gasteiger partial charge on any atom is 0.241 e. The molecule has 1 saturated heterocycles. The standard InChI is InChI=1S/C10H15BN3O/c12-8-4-5-10-7(6-8)2-1-3-9(10)14(15)13-11-10/h4,6,9,13,15H,1-3,5,12H2. The molecular formula is C10H15BN3O. The van der Waals surface area contributed by atoms with Gasteiger partial charge in [-0.3, -0.25) is 10.5 Å². The van der Waals surface area contributed by atoms with E-state index in [1.54, 1.807) is 0 Å². The first-order valence-electron chi connectivity index (χ1n) is 5.48. The van der Waals surface area contributed by atoms with Crippen LogP contribution in [-0.4, -0.2) is 23.8 Å². The van der Waals surface area contributed by atoms with E-state index in [0.717, 1.165) is 31.4 Å². The number of nitrogens with zero attached hydrogens (tertiary/aromatic N) is 1. The van der Waals surface area contributed by atoms with Gasteiger partial charge in [-0.15, -0.1) is 5.17 Å². The van der Waals surface area contributed by atoms with Crippen molar-refractivity contribution in [1.82, 2.24) is 10.5 Å². The lowest BCUT2D eigenvalue weighted by Gasteiger charge is -2.42. The van der Waals surface area contributed by atoms with Crippen molar-refractivity contribution in [2.45, 2.75) is 37.0 Å². The molecule has 15 heavy (non-hydrogen) atoms. The Kier molecular flexibility index (Phi) is 1.96. The van der Waals surface area contributed by atoms with Crippen molar-refractivity contribution in [3.63, 3.8) is 0 Å². The summed E-state index contributed by atoms with van der Waals surface area (Å²) in [6.07, 6.45) is 8.28. The summed E-state index contributed by atoms with van der Waals surface area (Å²) in [4.78, 5) is 0. The summed E-state index contributed by atoms with van der Waals surface area (Å²) < 4.78 is 0. The van der Waals surface area contributed by atoms with Crippen LogP contribution in [0.25, 0.3) is 0 Å². The summed E-state index contributed by atoms with van der Waals surface area (Å²) in [6.45, 7) is 0. The number of hydroxylamine groups is 1. The highest BCUT2D eigenvalue weighted by Crippen LogP contribution is 2.54. The molecule has 2 aliphatic carbocycles. The van der Waals surface area contributed by atoms with Gasteiger partial charge in [0.25, 0.3) is 0 Å². The fourth-order valence-corrected chi connectivity index (χ4v) is 3.07. The molecule has 2 fully saturated rings. The molecule has 1 spiro atoms. The van der Waals surface area contributed by atoms with Gasteiger partial charge in [0, 0.05) is 11.0 Å². The van der Waals surface area contributed by atoms with Gasteiger partial charge in [-0.05, 0) is 31.8 Å². The van der Waals surface area contributed by atoms with Gasteiger partial charge in [0.2, 0.25) is 7.41 Å². The van der Waals surface area contributed by atoms with Gasteiger partial charge in [0.1, 0.15) is 0 Å². The molecule has 0 aromatic rings. The van der Waals surface area contributed by atoms with Crippen LogP contribution in [-0.2, 0) is 0 Å². The van der Waals surface area contributed by atoms with E-state index in [2.05, 4.69) is 17.5 Å². The molecule has 0 amide bonds. The largest absolute Gasteiger partial charge is 0.399 e. The van der Waals surface area contributed by atoms with E-state index in [4.69, 9.17) is 5.73 Å². The van der Waals surface area contributed by atoms with E-state index >= 15 is 0 Å². The fraction of sp³-hybridized carbons (Fsp3) is 0.600. The summed E-state index contributed by atoms with van der Waals surface area (Å²) >= 11 is 0. The lowest BCUT2D eigenvalue weighted by Crippen LogP contribution is -2.40. The van der Waals surface area contributed by atoms with Gasteiger partial charge in [-0.1, -0.05) is 11.6 Å². The first kappa shape index (κ1) is 9.45. The highest BCUT2D eigenvalue weighted by atomic mass is 16.5. The van der Waals surface area contributed by atoms with Crippen molar-refractivity contribution in [3.05, 3.63) is 23.4 Å². The maximum absolute atomic E-state index is 9.74. The maximum atomic E-state index is 9.74. The van der Waals surface area contributed by atoms with Gasteiger partial charge in [0.15, 0.2) is 0 Å². The molecule has 0 aromatic heterocycles. The Morgan fingerprint density at radius 1 is 1.67 bits per heavy atom. The predicted octanol–water partition coefficient (Wildman–Crippen LogP) is 0.699. The normalized spacial score (nSPS) is 39.9. The van der Waals surface area contributed by atoms with Gasteiger partial charge in [-0.25, -0.2) is 0 Å². The minimum Gasteiger partial charge on any atom is -0.399 e. The Balaban J connectivity index is 2.01. The molecule has 0 aromatic carbocycles. The van der Waals surface area contributed by atoms with Crippen LogP contribution in [0.3, 0.4) is 0 Å². The van der Waals surface area contributed by atoms with Crippen LogP contribution in [0.4, 0.5) is 0 Å². The molecule has 2 atom stereocenters. The average Bonchev–Trinajstić information content (AvgIpc) is 2.56. The molecule has 3 rings (SSSR count). The molecule has 1 radical (unpaired) electrons. The number of hydrogen-bond donors (Lipinski definition) is 3. The van der Waals surface area contributed by atoms with Crippen LogP contribution in [0.15, 0.2) is 23.4 Å². The van der Waals surface area contributed by atoms with Gasteiger partial charge in [0.05, 0.1) is 6.04 Å². The van der Waals surface area contributed by atoms with E-state index < -0.39 is 0 Å². The van der Waals surface area contributed by atoms with Crippen molar-refractivity contribution in [1.29, 1.82) is 0 Å². The van der Waals surface area contributed by atoms with Crippen LogP contribution in [0.1, 0.15) is 25.7 Å². The first-order valence-corrected chi connectivity index (χ1v) is 5.48. The van der Waals surface area contributed by atoms with E-state index in [9.17, 15) is 5.21 Å². The van der Waals surface area contributed by atoms with Crippen LogP contribution in [0, 0.1) is 0 Å². The van der Waals surface area contributed by atoms with Crippen LogP contribution in [0.5, 0.6) is 0 Å². The molecule has 1 saturated carbocycles. The molecular weight excluding hydrogens is 189 g/mol. The molecule has 1 heterocycles. The molecule has 0 bridgehead atoms. The van der Waals surface area contributed by atoms with E-state index in [1.807, 2.05) is 7.41 Å². The van der Waals surface area contributed by atoms with Crippen molar-refractivity contribution in [2.24, 2.45) is 5.73 Å². The third-order valence-electron chi connectivity index (χ3n) is 3.88. The quantitative estimate of drug-likeness (QED) is 0.508. The van der Waals surface area contributed by atoms with E-state index in [0.29, 0.717) is 0 Å². The van der Waals surface area contributed by atoms with Crippen LogP contribution >= 0.6 is 0 Å². The Morgan fingerprint density at radius 2 is 2.53 bits per heavy atom. The van der Waals surface area contributed by atoms with Crippen molar-refractivity contribution in [2.75, 3.05) is 0 Å². The number of hydrazine groups is 1. The Morgan fingerprint density at radius 3 is 3.40 bits per heavy atom. The Bertz CT molecular complexity index is 355. The second-order valence-corrected chi connectivity index (χ2v) is 4.64. The SMILES string of the molecule is NC1=CCC23[B]NN(O)C2CCCC3=C1. The number of nitrogens with one attached hydrogen (secondary N) is 1. The van der Waals surface area contributed by atoms with E-state index in [1.165, 1.54) is 10.7 Å². The second kappa shape index (κ2) is 3.11. The predicted molar refractivity (Wildman–Crippen MR) is 57.8 cm³/mol. The summed E-state index contributed by atoms with van der Waals surface area (Å²) in [7, 11) is 2.02. The summed E-state index contributed by atoms with van der Waals surface area (Å²) in [5.74, 6) is 0. The topological polar surface area (TPSA) is 61.5 Å². The molecule has 79 valence electrons. The highest BCUT2D eigenvalue weighted by Gasteiger charge is 2.52. The third kappa shape index (κ3) is 1.20. The number of allylic oxidation sites excluding steroid dienone is 2. The summed E-state index contributed by atoms with van der Waals surface area (Å²) in [5.41, 5.74) is 8.06. The second-order valence-electron chi connectivity index (χ2n) is 4.64. The molecule has 3 aliphatic rings. The fourth-order valence-electron chi connectivity index (χ4n) is 3.07. The molecule has 1 aliphatic heterocycles. The molecule has 4 N–H and O–H groups in total. The minimum absolute atomic E-state index is 0.0180. The van der Waals surface area contributed by atoms with Gasteiger partial charge >= 0.3 is 0 Å². The summed E-state index contributed by atoms with van der Waals surface area (Å²) in [6, 6.07) is 0.168. The molecule has 5 heteroatoms. The minimum atomic E-state index is -0.0180. The van der Waals surface area contributed by atoms with Gasteiger partial charge in [-0.2, -0.15) is 0 Å². The van der Waals surface area contributed by atoms with E-state index in [-0.39, 0.29) is 11.4 Å². The van der Waals surface area contributed by atoms with Crippen LogP contribution in [0.2, 0.25) is 5.31 Å². The average molecular weight is 204 g/mol. The lowest BCUT2D eigenvalue weighted by atomic mass is 9.48. The Hall–Kier alpha value is -0.775. The number of hydrogen-bond acceptors (Lipinski definition) is 4. The number of nitrogens with two attached hydrogens (primary N) is 1.